The Balaban J connectivity index is 2.88. The summed E-state index contributed by atoms with van der Waals surface area (Å²) in [5.41, 5.74) is 0.00701. The van der Waals surface area contributed by atoms with Crippen LogP contribution in [0.4, 0.5) is 0 Å². The zero-order valence-corrected chi connectivity index (χ0v) is 14.0. The molecule has 0 aliphatic heterocycles. The average Bonchev–Trinajstić information content (AvgIpc) is 2.53. The number of thioether (sulfide) groups is 1. The van der Waals surface area contributed by atoms with Crippen LogP contribution in [0.3, 0.4) is 0 Å². The van der Waals surface area contributed by atoms with E-state index in [0.717, 1.165) is 0 Å². The van der Waals surface area contributed by atoms with E-state index in [1.807, 2.05) is 6.07 Å². The minimum Gasteiger partial charge on any atom is -0.465 e. The predicted molar refractivity (Wildman–Crippen MR) is 85.8 cm³/mol. The lowest BCUT2D eigenvalue weighted by atomic mass is 10.0. The van der Waals surface area contributed by atoms with Crippen LogP contribution in [0.2, 0.25) is 0 Å². The SMILES string of the molecule is COC(=O)c1cccc(Br)c1-c1nc(SC)[nH]c(=O)c1C#N. The van der Waals surface area contributed by atoms with Gasteiger partial charge in [-0.25, -0.2) is 9.78 Å². The molecule has 0 fully saturated rings. The number of aromatic amines is 1. The number of aromatic nitrogens is 2. The van der Waals surface area contributed by atoms with E-state index in [9.17, 15) is 14.9 Å². The van der Waals surface area contributed by atoms with Gasteiger partial charge in [0.05, 0.1) is 18.4 Å². The van der Waals surface area contributed by atoms with Crippen LogP contribution in [0, 0.1) is 11.3 Å². The topological polar surface area (TPSA) is 95.8 Å². The number of benzene rings is 1. The zero-order valence-electron chi connectivity index (χ0n) is 11.6. The number of H-pyrrole nitrogens is 1. The second kappa shape index (κ2) is 6.77. The second-order valence-electron chi connectivity index (χ2n) is 4.06. The molecule has 112 valence electrons. The number of esters is 1. The normalized spacial score (nSPS) is 10.1. The van der Waals surface area contributed by atoms with Crippen molar-refractivity contribution in [3.05, 3.63) is 44.2 Å². The van der Waals surface area contributed by atoms with Crippen molar-refractivity contribution in [1.29, 1.82) is 5.26 Å². The Bertz CT molecular complexity index is 842. The van der Waals surface area contributed by atoms with Crippen molar-refractivity contribution in [3.8, 4) is 17.3 Å². The van der Waals surface area contributed by atoms with Gasteiger partial charge in [-0.2, -0.15) is 5.26 Å². The molecule has 0 radical (unpaired) electrons. The molecular formula is C14H10BrN3O3S. The van der Waals surface area contributed by atoms with Crippen LogP contribution in [0.5, 0.6) is 0 Å². The molecule has 0 saturated carbocycles. The van der Waals surface area contributed by atoms with Gasteiger partial charge in [-0.05, 0) is 18.4 Å². The number of nitriles is 1. The predicted octanol–water partition coefficient (Wildman–Crippen LogP) is 2.58. The Kier molecular flexibility index (Phi) is 5.00. The first-order valence-corrected chi connectivity index (χ1v) is 8.00. The third-order valence-electron chi connectivity index (χ3n) is 2.86. The number of halogens is 1. The largest absolute Gasteiger partial charge is 0.465 e. The molecule has 6 nitrogen and oxygen atoms in total. The van der Waals surface area contributed by atoms with Crippen LogP contribution in [0.15, 0.2) is 32.6 Å². The quantitative estimate of drug-likeness (QED) is 0.500. The number of methoxy groups -OCH3 is 1. The molecule has 0 spiro atoms. The molecule has 0 aliphatic carbocycles. The van der Waals surface area contributed by atoms with Crippen molar-refractivity contribution < 1.29 is 9.53 Å². The zero-order chi connectivity index (χ0) is 16.3. The maximum absolute atomic E-state index is 12.0. The lowest BCUT2D eigenvalue weighted by molar-refractivity contribution is 0.0601. The number of rotatable bonds is 3. The van der Waals surface area contributed by atoms with Crippen molar-refractivity contribution >= 4 is 33.7 Å². The van der Waals surface area contributed by atoms with E-state index in [-0.39, 0.29) is 16.8 Å². The van der Waals surface area contributed by atoms with Crippen LogP contribution >= 0.6 is 27.7 Å². The van der Waals surface area contributed by atoms with Crippen LogP contribution < -0.4 is 5.56 Å². The highest BCUT2D eigenvalue weighted by Gasteiger charge is 2.22. The van der Waals surface area contributed by atoms with Crippen molar-refractivity contribution in [3.63, 3.8) is 0 Å². The minimum atomic E-state index is -0.576. The Hall–Kier alpha value is -2.11. The van der Waals surface area contributed by atoms with Crippen LogP contribution in [0.25, 0.3) is 11.3 Å². The molecule has 1 heterocycles. The van der Waals surface area contributed by atoms with Gasteiger partial charge in [-0.15, -0.1) is 0 Å². The lowest BCUT2D eigenvalue weighted by Crippen LogP contribution is -2.16. The fourth-order valence-electron chi connectivity index (χ4n) is 1.88. The maximum atomic E-state index is 12.0. The summed E-state index contributed by atoms with van der Waals surface area (Å²) in [7, 11) is 1.26. The highest BCUT2D eigenvalue weighted by Crippen LogP contribution is 2.32. The van der Waals surface area contributed by atoms with Gasteiger partial charge in [0.1, 0.15) is 11.6 Å². The molecule has 2 aromatic rings. The molecule has 0 bridgehead atoms. The molecule has 0 saturated heterocycles. The first-order valence-electron chi connectivity index (χ1n) is 5.99. The Morgan fingerprint density at radius 2 is 2.23 bits per heavy atom. The Labute approximate surface area is 138 Å². The van der Waals surface area contributed by atoms with Crippen LogP contribution in [0.1, 0.15) is 15.9 Å². The number of hydrogen-bond acceptors (Lipinski definition) is 6. The summed E-state index contributed by atoms with van der Waals surface area (Å²) in [4.78, 5) is 30.8. The van der Waals surface area contributed by atoms with Gasteiger partial charge in [-0.1, -0.05) is 33.8 Å². The van der Waals surface area contributed by atoms with Crippen LogP contribution in [-0.4, -0.2) is 29.3 Å². The van der Waals surface area contributed by atoms with E-state index >= 15 is 0 Å². The summed E-state index contributed by atoms with van der Waals surface area (Å²) in [5.74, 6) is -0.576. The van der Waals surface area contributed by atoms with Crippen LogP contribution in [-0.2, 0) is 4.74 Å². The number of ether oxygens (including phenoxy) is 1. The van der Waals surface area contributed by atoms with E-state index in [0.29, 0.717) is 15.2 Å². The molecule has 1 aromatic heterocycles. The molecule has 0 aliphatic rings. The third-order valence-corrected chi connectivity index (χ3v) is 4.10. The third kappa shape index (κ3) is 2.91. The van der Waals surface area contributed by atoms with E-state index in [2.05, 4.69) is 25.9 Å². The molecule has 1 aromatic carbocycles. The molecule has 0 amide bonds. The highest BCUT2D eigenvalue weighted by molar-refractivity contribution is 9.10. The standard InChI is InChI=1S/C14H10BrN3O3S/c1-21-13(20)7-4-3-5-9(15)10(7)11-8(6-16)12(19)18-14(17-11)22-2/h3-5H,1-2H3,(H,17,18,19). The van der Waals surface area contributed by atoms with Gasteiger partial charge in [0.2, 0.25) is 0 Å². The van der Waals surface area contributed by atoms with Gasteiger partial charge in [0.25, 0.3) is 5.56 Å². The van der Waals surface area contributed by atoms with E-state index in [1.54, 1.807) is 24.5 Å². The molecular weight excluding hydrogens is 370 g/mol. The molecule has 22 heavy (non-hydrogen) atoms. The lowest BCUT2D eigenvalue weighted by Gasteiger charge is -2.11. The summed E-state index contributed by atoms with van der Waals surface area (Å²) in [6, 6.07) is 6.75. The number of hydrogen-bond donors (Lipinski definition) is 1. The van der Waals surface area contributed by atoms with Crippen molar-refractivity contribution in [1.82, 2.24) is 9.97 Å². The van der Waals surface area contributed by atoms with Gasteiger partial charge < -0.3 is 9.72 Å². The molecule has 8 heteroatoms. The fourth-order valence-corrected chi connectivity index (χ4v) is 2.81. The fraction of sp³-hybridized carbons (Fsp3) is 0.143. The molecule has 1 N–H and O–H groups in total. The van der Waals surface area contributed by atoms with Gasteiger partial charge in [0, 0.05) is 10.0 Å². The molecule has 0 atom stereocenters. The van der Waals surface area contributed by atoms with Gasteiger partial charge >= 0.3 is 5.97 Å². The van der Waals surface area contributed by atoms with Crippen molar-refractivity contribution in [2.75, 3.05) is 13.4 Å². The smallest absolute Gasteiger partial charge is 0.338 e. The summed E-state index contributed by atoms with van der Waals surface area (Å²) in [6.45, 7) is 0. The summed E-state index contributed by atoms with van der Waals surface area (Å²) in [6.07, 6.45) is 1.75. The second-order valence-corrected chi connectivity index (χ2v) is 5.71. The highest BCUT2D eigenvalue weighted by atomic mass is 79.9. The Morgan fingerprint density at radius 3 is 2.82 bits per heavy atom. The summed E-state index contributed by atoms with van der Waals surface area (Å²) >= 11 is 4.57. The minimum absolute atomic E-state index is 0.142. The average molecular weight is 380 g/mol. The first kappa shape index (κ1) is 16.3. The number of carbonyl (C=O) groups is 1. The Morgan fingerprint density at radius 1 is 1.50 bits per heavy atom. The first-order chi connectivity index (χ1) is 10.5. The monoisotopic (exact) mass is 379 g/mol. The van der Waals surface area contributed by atoms with E-state index in [1.165, 1.54) is 18.9 Å². The van der Waals surface area contributed by atoms with Crippen molar-refractivity contribution in [2.45, 2.75) is 5.16 Å². The number of nitrogens with one attached hydrogen (secondary N) is 1. The molecule has 2 rings (SSSR count). The van der Waals surface area contributed by atoms with Gasteiger partial charge in [-0.3, -0.25) is 4.79 Å². The van der Waals surface area contributed by atoms with E-state index < -0.39 is 11.5 Å². The van der Waals surface area contributed by atoms with Crippen molar-refractivity contribution in [2.24, 2.45) is 0 Å². The summed E-state index contributed by atoms with van der Waals surface area (Å²) in [5, 5.41) is 9.61. The maximum Gasteiger partial charge on any atom is 0.338 e. The number of nitrogens with zero attached hydrogens (tertiary/aromatic N) is 2. The number of carbonyl (C=O) groups excluding carboxylic acids is 1. The van der Waals surface area contributed by atoms with Gasteiger partial charge in [0.15, 0.2) is 5.16 Å². The molecule has 0 unspecified atom stereocenters. The van der Waals surface area contributed by atoms with E-state index in [4.69, 9.17) is 4.74 Å². The summed E-state index contributed by atoms with van der Waals surface area (Å²) < 4.78 is 5.29.